The van der Waals surface area contributed by atoms with Gasteiger partial charge in [0.25, 0.3) is 0 Å². The van der Waals surface area contributed by atoms with Crippen LogP contribution in [0.15, 0.2) is 84.0 Å². The minimum Gasteiger partial charge on any atom is -0.270 e. The molecule has 0 aliphatic carbocycles. The van der Waals surface area contributed by atoms with Crippen molar-refractivity contribution < 1.29 is 0 Å². The van der Waals surface area contributed by atoms with Gasteiger partial charge in [0.2, 0.25) is 0 Å². The summed E-state index contributed by atoms with van der Waals surface area (Å²) in [6.07, 6.45) is 0. The average molecular weight is 372 g/mol. The van der Waals surface area contributed by atoms with Gasteiger partial charge in [-0.05, 0) is 31.5 Å². The van der Waals surface area contributed by atoms with E-state index in [0.29, 0.717) is 0 Å². The molecule has 4 rings (SSSR count). The number of aryl methyl sites for hydroxylation is 2. The number of aromatic nitrogens is 3. The van der Waals surface area contributed by atoms with E-state index in [4.69, 9.17) is 0 Å². The molecule has 0 bridgehead atoms. The smallest absolute Gasteiger partial charge is 0.196 e. The molecule has 3 aromatic carbocycles. The highest BCUT2D eigenvalue weighted by Gasteiger charge is 2.16. The van der Waals surface area contributed by atoms with Gasteiger partial charge in [0.05, 0.1) is 0 Å². The molecule has 0 aliphatic rings. The van der Waals surface area contributed by atoms with E-state index in [1.807, 2.05) is 18.2 Å². The molecule has 0 radical (unpaired) electrons. The number of para-hydroxylation sites is 1. The third-order valence-electron chi connectivity index (χ3n) is 4.45. The monoisotopic (exact) mass is 371 g/mol. The summed E-state index contributed by atoms with van der Waals surface area (Å²) in [5, 5.41) is 9.91. The highest BCUT2D eigenvalue weighted by atomic mass is 32.2. The van der Waals surface area contributed by atoms with Gasteiger partial charge >= 0.3 is 0 Å². The Labute approximate surface area is 164 Å². The second-order valence-corrected chi connectivity index (χ2v) is 7.56. The van der Waals surface area contributed by atoms with Gasteiger partial charge in [0.15, 0.2) is 11.0 Å². The molecule has 4 aromatic rings. The summed E-state index contributed by atoms with van der Waals surface area (Å²) in [6.45, 7) is 4.20. The standard InChI is InChI=1S/C23H21N3S/c1-17-8-12-19(13-9-17)16-27-23-25-24-22(20-14-10-18(2)11-15-20)26(23)21-6-4-3-5-7-21/h3-15H,16H2,1-2H3. The molecule has 0 atom stereocenters. The maximum absolute atomic E-state index is 4.51. The number of hydrogen-bond donors (Lipinski definition) is 0. The van der Waals surface area contributed by atoms with E-state index in [9.17, 15) is 0 Å². The van der Waals surface area contributed by atoms with E-state index in [2.05, 4.69) is 89.3 Å². The van der Waals surface area contributed by atoms with Crippen molar-refractivity contribution in [1.82, 2.24) is 14.8 Å². The zero-order chi connectivity index (χ0) is 18.6. The normalized spacial score (nSPS) is 10.9. The van der Waals surface area contributed by atoms with Crippen LogP contribution in [-0.4, -0.2) is 14.8 Å². The molecule has 1 heterocycles. The molecule has 0 amide bonds. The molecule has 0 unspecified atom stereocenters. The van der Waals surface area contributed by atoms with Crippen molar-refractivity contribution in [2.24, 2.45) is 0 Å². The first-order valence-electron chi connectivity index (χ1n) is 8.97. The molecule has 0 saturated carbocycles. The minimum atomic E-state index is 0.860. The van der Waals surface area contributed by atoms with E-state index in [-0.39, 0.29) is 0 Å². The molecule has 0 N–H and O–H groups in total. The molecule has 1 aromatic heterocycles. The summed E-state index contributed by atoms with van der Waals surface area (Å²) < 4.78 is 2.14. The van der Waals surface area contributed by atoms with Crippen molar-refractivity contribution in [3.8, 4) is 17.1 Å². The lowest BCUT2D eigenvalue weighted by Gasteiger charge is -2.10. The number of benzene rings is 3. The number of rotatable bonds is 5. The van der Waals surface area contributed by atoms with Crippen molar-refractivity contribution in [2.75, 3.05) is 0 Å². The predicted octanol–water partition coefficient (Wildman–Crippen LogP) is 5.84. The van der Waals surface area contributed by atoms with Gasteiger partial charge in [-0.3, -0.25) is 4.57 Å². The Morgan fingerprint density at radius 3 is 2.04 bits per heavy atom. The van der Waals surface area contributed by atoms with Crippen LogP contribution in [-0.2, 0) is 5.75 Å². The van der Waals surface area contributed by atoms with Crippen LogP contribution < -0.4 is 0 Å². The first-order chi connectivity index (χ1) is 13.2. The highest BCUT2D eigenvalue weighted by molar-refractivity contribution is 7.98. The van der Waals surface area contributed by atoms with Gasteiger partial charge in [-0.25, -0.2) is 0 Å². The fraction of sp³-hybridized carbons (Fsp3) is 0.130. The number of hydrogen-bond acceptors (Lipinski definition) is 3. The topological polar surface area (TPSA) is 30.7 Å². The Morgan fingerprint density at radius 2 is 1.37 bits per heavy atom. The Balaban J connectivity index is 1.71. The second kappa shape index (κ2) is 7.80. The van der Waals surface area contributed by atoms with Crippen molar-refractivity contribution in [3.63, 3.8) is 0 Å². The third kappa shape index (κ3) is 3.96. The summed E-state index contributed by atoms with van der Waals surface area (Å²) in [5.41, 5.74) is 5.94. The van der Waals surface area contributed by atoms with Crippen LogP contribution in [0.4, 0.5) is 0 Å². The Hall–Kier alpha value is -2.85. The lowest BCUT2D eigenvalue weighted by molar-refractivity contribution is 0.886. The minimum absolute atomic E-state index is 0.860. The molecule has 4 heteroatoms. The van der Waals surface area contributed by atoms with Gasteiger partial charge in [-0.15, -0.1) is 10.2 Å². The van der Waals surface area contributed by atoms with E-state index in [1.165, 1.54) is 16.7 Å². The summed E-state index contributed by atoms with van der Waals surface area (Å²) in [7, 11) is 0. The van der Waals surface area contributed by atoms with Crippen LogP contribution in [0.25, 0.3) is 17.1 Å². The van der Waals surface area contributed by atoms with Crippen molar-refractivity contribution in [3.05, 3.63) is 95.6 Å². The fourth-order valence-corrected chi connectivity index (χ4v) is 3.80. The Morgan fingerprint density at radius 1 is 0.741 bits per heavy atom. The molecule has 134 valence electrons. The van der Waals surface area contributed by atoms with Gasteiger partial charge in [0, 0.05) is 17.0 Å². The van der Waals surface area contributed by atoms with E-state index >= 15 is 0 Å². The molecule has 0 spiro atoms. The van der Waals surface area contributed by atoms with Crippen LogP contribution in [0.3, 0.4) is 0 Å². The highest BCUT2D eigenvalue weighted by Crippen LogP contribution is 2.29. The van der Waals surface area contributed by atoms with Crippen molar-refractivity contribution in [2.45, 2.75) is 24.8 Å². The van der Waals surface area contributed by atoms with E-state index in [0.717, 1.165) is 28.0 Å². The van der Waals surface area contributed by atoms with Crippen LogP contribution in [0.2, 0.25) is 0 Å². The van der Waals surface area contributed by atoms with E-state index in [1.54, 1.807) is 11.8 Å². The summed E-state index contributed by atoms with van der Waals surface area (Å²) in [6, 6.07) is 27.4. The van der Waals surface area contributed by atoms with Crippen LogP contribution in [0.1, 0.15) is 16.7 Å². The lowest BCUT2D eigenvalue weighted by atomic mass is 10.1. The molecule has 3 nitrogen and oxygen atoms in total. The van der Waals surface area contributed by atoms with Crippen LogP contribution >= 0.6 is 11.8 Å². The summed E-state index contributed by atoms with van der Waals surface area (Å²) >= 11 is 1.71. The fourth-order valence-electron chi connectivity index (χ4n) is 2.90. The molecular formula is C23H21N3S. The zero-order valence-electron chi connectivity index (χ0n) is 15.5. The van der Waals surface area contributed by atoms with Crippen LogP contribution in [0.5, 0.6) is 0 Å². The predicted molar refractivity (Wildman–Crippen MR) is 112 cm³/mol. The molecule has 0 aliphatic heterocycles. The Kier molecular flexibility index (Phi) is 5.07. The van der Waals surface area contributed by atoms with Crippen molar-refractivity contribution >= 4 is 11.8 Å². The first-order valence-corrected chi connectivity index (χ1v) is 9.95. The van der Waals surface area contributed by atoms with Gasteiger partial charge in [0.1, 0.15) is 0 Å². The number of thioether (sulfide) groups is 1. The van der Waals surface area contributed by atoms with Gasteiger partial charge in [-0.2, -0.15) is 0 Å². The quantitative estimate of drug-likeness (QED) is 0.413. The van der Waals surface area contributed by atoms with E-state index < -0.39 is 0 Å². The molecule has 0 fully saturated rings. The molecule has 27 heavy (non-hydrogen) atoms. The number of nitrogens with zero attached hydrogens (tertiary/aromatic N) is 3. The van der Waals surface area contributed by atoms with Gasteiger partial charge in [-0.1, -0.05) is 89.6 Å². The summed E-state index contributed by atoms with van der Waals surface area (Å²) in [5.74, 6) is 1.73. The maximum atomic E-state index is 4.51. The lowest BCUT2D eigenvalue weighted by Crippen LogP contribution is -1.99. The Bertz CT molecular complexity index is 1020. The SMILES string of the molecule is Cc1ccc(CSc2nnc(-c3ccc(C)cc3)n2-c2ccccc2)cc1. The van der Waals surface area contributed by atoms with Crippen molar-refractivity contribution in [1.29, 1.82) is 0 Å². The maximum Gasteiger partial charge on any atom is 0.196 e. The summed E-state index contributed by atoms with van der Waals surface area (Å²) in [4.78, 5) is 0. The second-order valence-electron chi connectivity index (χ2n) is 6.62. The molecular weight excluding hydrogens is 350 g/mol. The zero-order valence-corrected chi connectivity index (χ0v) is 16.3. The van der Waals surface area contributed by atoms with Crippen LogP contribution in [0, 0.1) is 13.8 Å². The average Bonchev–Trinajstić information content (AvgIpc) is 3.13. The molecule has 0 saturated heterocycles. The third-order valence-corrected chi connectivity index (χ3v) is 5.45. The van der Waals surface area contributed by atoms with Gasteiger partial charge < -0.3 is 0 Å². The largest absolute Gasteiger partial charge is 0.270 e. The first kappa shape index (κ1) is 17.6.